The number of hydrogen-bond donors (Lipinski definition) is 1. The third kappa shape index (κ3) is 2.96. The van der Waals surface area contributed by atoms with Crippen LogP contribution in [0.15, 0.2) is 0 Å². The molecule has 16 heavy (non-hydrogen) atoms. The highest BCUT2D eigenvalue weighted by Gasteiger charge is 2.30. The molecule has 3 heteroatoms. The van der Waals surface area contributed by atoms with E-state index in [9.17, 15) is 0 Å². The molecule has 0 aromatic rings. The number of rotatable bonds is 3. The summed E-state index contributed by atoms with van der Waals surface area (Å²) in [4.78, 5) is 2.64. The Balaban J connectivity index is 1.91. The van der Waals surface area contributed by atoms with E-state index in [1.54, 1.807) is 0 Å². The second-order valence-corrected chi connectivity index (χ2v) is 5.71. The number of piperazine rings is 1. The molecule has 3 nitrogen and oxygen atoms in total. The highest BCUT2D eigenvalue weighted by atomic mass is 16.5. The molecule has 0 amide bonds. The van der Waals surface area contributed by atoms with Crippen LogP contribution in [0.2, 0.25) is 0 Å². The molecule has 2 rings (SSSR count). The van der Waals surface area contributed by atoms with E-state index in [1.807, 2.05) is 0 Å². The molecule has 2 saturated heterocycles. The van der Waals surface area contributed by atoms with Gasteiger partial charge in [0.1, 0.15) is 0 Å². The first-order valence-corrected chi connectivity index (χ1v) is 6.76. The number of nitrogens with zero attached hydrogens (tertiary/aromatic N) is 1. The van der Waals surface area contributed by atoms with Gasteiger partial charge in [0.25, 0.3) is 0 Å². The predicted octanol–water partition coefficient (Wildman–Crippen LogP) is 1.48. The minimum absolute atomic E-state index is 0.492. The highest BCUT2D eigenvalue weighted by molar-refractivity contribution is 4.87. The minimum Gasteiger partial charge on any atom is -0.377 e. The molecular formula is C13H26N2O. The monoisotopic (exact) mass is 226 g/mol. The lowest BCUT2D eigenvalue weighted by Crippen LogP contribution is -2.58. The van der Waals surface area contributed by atoms with E-state index < -0.39 is 0 Å². The van der Waals surface area contributed by atoms with Gasteiger partial charge in [0.05, 0.1) is 6.10 Å². The fraction of sp³-hybridized carbons (Fsp3) is 1.00. The maximum Gasteiger partial charge on any atom is 0.0702 e. The van der Waals surface area contributed by atoms with Crippen molar-refractivity contribution in [2.45, 2.75) is 51.8 Å². The van der Waals surface area contributed by atoms with Gasteiger partial charge in [0, 0.05) is 38.3 Å². The average Bonchev–Trinajstić information content (AvgIpc) is 2.70. The van der Waals surface area contributed by atoms with Gasteiger partial charge in [-0.05, 0) is 25.7 Å². The summed E-state index contributed by atoms with van der Waals surface area (Å²) < 4.78 is 5.76. The molecule has 2 heterocycles. The Labute approximate surface area is 99.5 Å². The van der Waals surface area contributed by atoms with Crippen molar-refractivity contribution < 1.29 is 4.74 Å². The molecule has 0 saturated carbocycles. The minimum atomic E-state index is 0.492. The molecule has 0 aromatic carbocycles. The Kier molecular flexibility index (Phi) is 4.22. The van der Waals surface area contributed by atoms with Crippen LogP contribution in [0.25, 0.3) is 0 Å². The van der Waals surface area contributed by atoms with E-state index in [0.717, 1.165) is 25.6 Å². The average molecular weight is 226 g/mol. The number of ether oxygens (including phenoxy) is 1. The Morgan fingerprint density at radius 2 is 2.25 bits per heavy atom. The largest absolute Gasteiger partial charge is 0.377 e. The van der Waals surface area contributed by atoms with Crippen LogP contribution >= 0.6 is 0 Å². The van der Waals surface area contributed by atoms with Gasteiger partial charge in [-0.15, -0.1) is 0 Å². The van der Waals surface area contributed by atoms with Gasteiger partial charge in [-0.3, -0.25) is 4.90 Å². The first-order chi connectivity index (χ1) is 7.66. The van der Waals surface area contributed by atoms with Crippen LogP contribution in [0.1, 0.15) is 33.6 Å². The molecule has 1 N–H and O–H groups in total. The Bertz CT molecular complexity index is 214. The topological polar surface area (TPSA) is 24.5 Å². The van der Waals surface area contributed by atoms with Crippen LogP contribution in [0.5, 0.6) is 0 Å². The standard InChI is InChI=1S/C13H26N2O/c1-10(2)13-7-14-11(3)8-15(13)9-12-5-4-6-16-12/h10-14H,4-9H2,1-3H3. The third-order valence-corrected chi connectivity index (χ3v) is 3.88. The summed E-state index contributed by atoms with van der Waals surface area (Å²) in [6, 6.07) is 1.30. The zero-order chi connectivity index (χ0) is 11.5. The molecular weight excluding hydrogens is 200 g/mol. The molecule has 0 aliphatic carbocycles. The van der Waals surface area contributed by atoms with Crippen molar-refractivity contribution in [3.05, 3.63) is 0 Å². The van der Waals surface area contributed by atoms with Gasteiger partial charge in [0.15, 0.2) is 0 Å². The van der Waals surface area contributed by atoms with Gasteiger partial charge in [-0.25, -0.2) is 0 Å². The van der Waals surface area contributed by atoms with Crippen LogP contribution in [0.4, 0.5) is 0 Å². The van der Waals surface area contributed by atoms with Crippen LogP contribution in [0.3, 0.4) is 0 Å². The summed E-state index contributed by atoms with van der Waals surface area (Å²) in [6.07, 6.45) is 2.99. The summed E-state index contributed by atoms with van der Waals surface area (Å²) in [5, 5.41) is 3.59. The van der Waals surface area contributed by atoms with E-state index >= 15 is 0 Å². The lowest BCUT2D eigenvalue weighted by atomic mass is 9.98. The van der Waals surface area contributed by atoms with Crippen molar-refractivity contribution in [2.75, 3.05) is 26.2 Å². The first kappa shape index (κ1) is 12.3. The Morgan fingerprint density at radius 3 is 2.88 bits per heavy atom. The van der Waals surface area contributed by atoms with Crippen LogP contribution < -0.4 is 5.32 Å². The second kappa shape index (κ2) is 5.48. The summed E-state index contributed by atoms with van der Waals surface area (Å²) in [7, 11) is 0. The Hall–Kier alpha value is -0.120. The molecule has 0 bridgehead atoms. The quantitative estimate of drug-likeness (QED) is 0.789. The normalized spacial score (nSPS) is 37.1. The first-order valence-electron chi connectivity index (χ1n) is 6.76. The van der Waals surface area contributed by atoms with Crippen molar-refractivity contribution in [2.24, 2.45) is 5.92 Å². The molecule has 94 valence electrons. The van der Waals surface area contributed by atoms with E-state index in [-0.39, 0.29) is 0 Å². The number of hydrogen-bond acceptors (Lipinski definition) is 3. The molecule has 2 aliphatic heterocycles. The maximum atomic E-state index is 5.76. The van der Waals surface area contributed by atoms with E-state index in [2.05, 4.69) is 31.0 Å². The van der Waals surface area contributed by atoms with Crippen molar-refractivity contribution >= 4 is 0 Å². The smallest absolute Gasteiger partial charge is 0.0702 e. The SMILES string of the molecule is CC1CN(CC2CCCO2)C(C(C)C)CN1. The number of nitrogens with one attached hydrogen (secondary N) is 1. The van der Waals surface area contributed by atoms with E-state index in [0.29, 0.717) is 18.2 Å². The van der Waals surface area contributed by atoms with Crippen molar-refractivity contribution in [3.63, 3.8) is 0 Å². The zero-order valence-corrected chi connectivity index (χ0v) is 10.9. The van der Waals surface area contributed by atoms with Crippen LogP contribution in [-0.2, 0) is 4.74 Å². The van der Waals surface area contributed by atoms with Gasteiger partial charge in [-0.2, -0.15) is 0 Å². The molecule has 0 aromatic heterocycles. The fourth-order valence-electron chi connectivity index (χ4n) is 2.92. The van der Waals surface area contributed by atoms with E-state index in [1.165, 1.54) is 19.4 Å². The predicted molar refractivity (Wildman–Crippen MR) is 66.6 cm³/mol. The fourth-order valence-corrected chi connectivity index (χ4v) is 2.92. The lowest BCUT2D eigenvalue weighted by Gasteiger charge is -2.42. The summed E-state index contributed by atoms with van der Waals surface area (Å²) >= 11 is 0. The van der Waals surface area contributed by atoms with Crippen LogP contribution in [0, 0.1) is 5.92 Å². The summed E-state index contributed by atoms with van der Waals surface area (Å²) in [6.45, 7) is 11.3. The second-order valence-electron chi connectivity index (χ2n) is 5.71. The van der Waals surface area contributed by atoms with Gasteiger partial charge in [-0.1, -0.05) is 13.8 Å². The van der Waals surface area contributed by atoms with Crippen molar-refractivity contribution in [3.8, 4) is 0 Å². The zero-order valence-electron chi connectivity index (χ0n) is 10.9. The van der Waals surface area contributed by atoms with Gasteiger partial charge >= 0.3 is 0 Å². The molecule has 2 aliphatic rings. The maximum absolute atomic E-state index is 5.76. The molecule has 3 atom stereocenters. The third-order valence-electron chi connectivity index (χ3n) is 3.88. The van der Waals surface area contributed by atoms with E-state index in [4.69, 9.17) is 4.74 Å². The Morgan fingerprint density at radius 1 is 1.44 bits per heavy atom. The van der Waals surface area contributed by atoms with Crippen molar-refractivity contribution in [1.82, 2.24) is 10.2 Å². The van der Waals surface area contributed by atoms with Gasteiger partial charge < -0.3 is 10.1 Å². The molecule has 3 unspecified atom stereocenters. The van der Waals surface area contributed by atoms with Crippen molar-refractivity contribution in [1.29, 1.82) is 0 Å². The molecule has 0 radical (unpaired) electrons. The van der Waals surface area contributed by atoms with Gasteiger partial charge in [0.2, 0.25) is 0 Å². The molecule has 0 spiro atoms. The summed E-state index contributed by atoms with van der Waals surface area (Å²) in [5.74, 6) is 0.724. The lowest BCUT2D eigenvalue weighted by molar-refractivity contribution is 0.0289. The summed E-state index contributed by atoms with van der Waals surface area (Å²) in [5.41, 5.74) is 0. The highest BCUT2D eigenvalue weighted by Crippen LogP contribution is 2.19. The van der Waals surface area contributed by atoms with Crippen LogP contribution in [-0.4, -0.2) is 49.3 Å². The molecule has 2 fully saturated rings.